The minimum absolute atomic E-state index is 0.116. The molecule has 1 atom stereocenters. The maximum Gasteiger partial charge on any atom is 0.344 e. The van der Waals surface area contributed by atoms with Crippen molar-refractivity contribution in [1.29, 1.82) is 0 Å². The van der Waals surface area contributed by atoms with Gasteiger partial charge in [0.05, 0.1) is 7.11 Å². The summed E-state index contributed by atoms with van der Waals surface area (Å²) >= 11 is 1.29. The Labute approximate surface area is 182 Å². The molecule has 1 saturated heterocycles. The smallest absolute Gasteiger partial charge is 0.344 e. The molecule has 3 aromatic rings. The third kappa shape index (κ3) is 3.64. The zero-order chi connectivity index (χ0) is 22.0. The number of imide groups is 1. The zero-order valence-corrected chi connectivity index (χ0v) is 17.7. The molecule has 0 saturated carbocycles. The molecule has 0 aliphatic carbocycles. The molecule has 1 unspecified atom stereocenters. The first-order chi connectivity index (χ1) is 15.0. The first-order valence-corrected chi connectivity index (χ1v) is 10.5. The fraction of sp³-hybridized carbons (Fsp3) is 0.182. The highest BCUT2D eigenvalue weighted by molar-refractivity contribution is 7.13. The lowest BCUT2D eigenvalue weighted by Crippen LogP contribution is -2.48. The Bertz CT molecular complexity index is 1130. The monoisotopic (exact) mass is 436 g/mol. The Hall–Kier alpha value is -3.72. The SMILES string of the molecule is CCC1(c2ccccc2)NC(=O)N(NC(=O)c2csc(-c3ccc(OC)cc3)n2)C1=O. The molecule has 0 radical (unpaired) electrons. The topological polar surface area (TPSA) is 101 Å². The van der Waals surface area contributed by atoms with Crippen LogP contribution in [0.5, 0.6) is 5.75 Å². The number of hydrazine groups is 1. The lowest BCUT2D eigenvalue weighted by atomic mass is 9.87. The average Bonchev–Trinajstić information content (AvgIpc) is 3.39. The molecule has 2 heterocycles. The van der Waals surface area contributed by atoms with Crippen molar-refractivity contribution in [2.75, 3.05) is 7.11 Å². The molecule has 0 bridgehead atoms. The van der Waals surface area contributed by atoms with Crippen LogP contribution in [0.2, 0.25) is 0 Å². The van der Waals surface area contributed by atoms with Gasteiger partial charge in [0, 0.05) is 10.9 Å². The number of nitrogens with one attached hydrogen (secondary N) is 2. The highest BCUT2D eigenvalue weighted by Gasteiger charge is 2.52. The third-order valence-electron chi connectivity index (χ3n) is 5.18. The zero-order valence-electron chi connectivity index (χ0n) is 16.9. The Morgan fingerprint density at radius 3 is 2.52 bits per heavy atom. The number of hydrogen-bond donors (Lipinski definition) is 2. The van der Waals surface area contributed by atoms with Crippen molar-refractivity contribution in [2.24, 2.45) is 0 Å². The van der Waals surface area contributed by atoms with Crippen LogP contribution in [0.15, 0.2) is 60.0 Å². The predicted molar refractivity (Wildman–Crippen MR) is 115 cm³/mol. The van der Waals surface area contributed by atoms with Crippen LogP contribution in [0.25, 0.3) is 10.6 Å². The predicted octanol–water partition coefficient (Wildman–Crippen LogP) is 3.32. The van der Waals surface area contributed by atoms with E-state index in [1.54, 1.807) is 55.8 Å². The van der Waals surface area contributed by atoms with E-state index < -0.39 is 23.4 Å². The third-order valence-corrected chi connectivity index (χ3v) is 6.07. The fourth-order valence-corrected chi connectivity index (χ4v) is 4.25. The van der Waals surface area contributed by atoms with E-state index >= 15 is 0 Å². The summed E-state index contributed by atoms with van der Waals surface area (Å²) < 4.78 is 5.14. The molecule has 9 heteroatoms. The molecule has 0 spiro atoms. The van der Waals surface area contributed by atoms with E-state index in [0.29, 0.717) is 17.0 Å². The largest absolute Gasteiger partial charge is 0.497 e. The number of benzene rings is 2. The molecular formula is C22H20N4O4S. The highest BCUT2D eigenvalue weighted by atomic mass is 32.1. The van der Waals surface area contributed by atoms with Crippen molar-refractivity contribution in [2.45, 2.75) is 18.9 Å². The molecule has 4 rings (SSSR count). The van der Waals surface area contributed by atoms with Crippen molar-refractivity contribution in [3.8, 4) is 16.3 Å². The molecule has 158 valence electrons. The van der Waals surface area contributed by atoms with E-state index in [2.05, 4.69) is 15.7 Å². The molecule has 1 aliphatic heterocycles. The molecular weight excluding hydrogens is 416 g/mol. The van der Waals surface area contributed by atoms with Crippen LogP contribution in [-0.2, 0) is 10.3 Å². The average molecular weight is 436 g/mol. The summed E-state index contributed by atoms with van der Waals surface area (Å²) in [6, 6.07) is 15.6. The van der Waals surface area contributed by atoms with E-state index in [-0.39, 0.29) is 5.69 Å². The number of urea groups is 1. The van der Waals surface area contributed by atoms with Gasteiger partial charge >= 0.3 is 6.03 Å². The van der Waals surface area contributed by atoms with Crippen LogP contribution in [0.3, 0.4) is 0 Å². The number of aromatic nitrogens is 1. The minimum atomic E-state index is -1.22. The van der Waals surface area contributed by atoms with Gasteiger partial charge < -0.3 is 10.1 Å². The summed E-state index contributed by atoms with van der Waals surface area (Å²) in [7, 11) is 1.58. The Morgan fingerprint density at radius 1 is 1.16 bits per heavy atom. The van der Waals surface area contributed by atoms with Crippen molar-refractivity contribution in [3.05, 3.63) is 71.2 Å². The van der Waals surface area contributed by atoms with Crippen LogP contribution in [0.1, 0.15) is 29.4 Å². The quantitative estimate of drug-likeness (QED) is 0.578. The second-order valence-corrected chi connectivity index (χ2v) is 7.76. The van der Waals surface area contributed by atoms with Gasteiger partial charge in [0.25, 0.3) is 11.8 Å². The normalized spacial score (nSPS) is 18.1. The van der Waals surface area contributed by atoms with Gasteiger partial charge in [-0.25, -0.2) is 9.78 Å². The number of ether oxygens (including phenoxy) is 1. The van der Waals surface area contributed by atoms with Gasteiger partial charge in [-0.1, -0.05) is 37.3 Å². The molecule has 1 aliphatic rings. The number of methoxy groups -OCH3 is 1. The number of carbonyl (C=O) groups is 3. The van der Waals surface area contributed by atoms with Crippen molar-refractivity contribution >= 4 is 29.2 Å². The van der Waals surface area contributed by atoms with Gasteiger partial charge in [0.15, 0.2) is 0 Å². The van der Waals surface area contributed by atoms with Crippen LogP contribution in [-0.4, -0.2) is 34.9 Å². The molecule has 1 aromatic heterocycles. The van der Waals surface area contributed by atoms with E-state index in [9.17, 15) is 14.4 Å². The number of hydrogen-bond acceptors (Lipinski definition) is 6. The summed E-state index contributed by atoms with van der Waals surface area (Å²) in [6.07, 6.45) is 0.340. The summed E-state index contributed by atoms with van der Waals surface area (Å²) in [6.45, 7) is 1.80. The van der Waals surface area contributed by atoms with Gasteiger partial charge in [-0.3, -0.25) is 15.0 Å². The van der Waals surface area contributed by atoms with Gasteiger partial charge in [0.1, 0.15) is 22.0 Å². The minimum Gasteiger partial charge on any atom is -0.497 e. The van der Waals surface area contributed by atoms with Crippen LogP contribution in [0, 0.1) is 0 Å². The molecule has 8 nitrogen and oxygen atoms in total. The van der Waals surface area contributed by atoms with Gasteiger partial charge in [-0.15, -0.1) is 11.3 Å². The van der Waals surface area contributed by atoms with E-state index in [1.807, 2.05) is 18.2 Å². The highest BCUT2D eigenvalue weighted by Crippen LogP contribution is 2.32. The molecule has 4 amide bonds. The first kappa shape index (κ1) is 20.5. The van der Waals surface area contributed by atoms with Gasteiger partial charge in [-0.05, 0) is 36.2 Å². The van der Waals surface area contributed by atoms with Crippen LogP contribution in [0.4, 0.5) is 4.79 Å². The number of rotatable bonds is 6. The summed E-state index contributed by atoms with van der Waals surface area (Å²) in [5.41, 5.74) is 2.77. The number of thiazole rings is 1. The second-order valence-electron chi connectivity index (χ2n) is 6.90. The van der Waals surface area contributed by atoms with Crippen molar-refractivity contribution in [3.63, 3.8) is 0 Å². The molecule has 2 aromatic carbocycles. The standard InChI is InChI=1S/C22H20N4O4S/c1-3-22(15-7-5-4-6-8-15)20(28)26(21(29)24-22)25-18(27)17-13-31-19(23-17)14-9-11-16(30-2)12-10-14/h4-13H,3H2,1-2H3,(H,24,29)(H,25,27). The van der Waals surface area contributed by atoms with Gasteiger partial charge in [0.2, 0.25) is 0 Å². The summed E-state index contributed by atoms with van der Waals surface area (Å²) in [5, 5.41) is 5.67. The van der Waals surface area contributed by atoms with Crippen molar-refractivity contribution < 1.29 is 19.1 Å². The van der Waals surface area contributed by atoms with Gasteiger partial charge in [-0.2, -0.15) is 5.01 Å². The van der Waals surface area contributed by atoms with Crippen LogP contribution >= 0.6 is 11.3 Å². The molecule has 2 N–H and O–H groups in total. The van der Waals surface area contributed by atoms with E-state index in [0.717, 1.165) is 16.3 Å². The van der Waals surface area contributed by atoms with E-state index in [1.165, 1.54) is 11.3 Å². The van der Waals surface area contributed by atoms with Crippen LogP contribution < -0.4 is 15.5 Å². The Morgan fingerprint density at radius 2 is 1.87 bits per heavy atom. The second kappa shape index (κ2) is 8.19. The number of carbonyl (C=O) groups excluding carboxylic acids is 3. The lowest BCUT2D eigenvalue weighted by molar-refractivity contribution is -0.133. The maximum atomic E-state index is 13.1. The number of nitrogens with zero attached hydrogens (tertiary/aromatic N) is 2. The Balaban J connectivity index is 1.53. The fourth-order valence-electron chi connectivity index (χ4n) is 3.44. The Kier molecular flexibility index (Phi) is 5.43. The number of amides is 4. The lowest BCUT2D eigenvalue weighted by Gasteiger charge is -2.25. The van der Waals surface area contributed by atoms with E-state index in [4.69, 9.17) is 4.74 Å². The van der Waals surface area contributed by atoms with Crippen molar-refractivity contribution in [1.82, 2.24) is 20.7 Å². The first-order valence-electron chi connectivity index (χ1n) is 9.61. The molecule has 1 fully saturated rings. The maximum absolute atomic E-state index is 13.1. The summed E-state index contributed by atoms with van der Waals surface area (Å²) in [5.74, 6) is -0.459. The molecule has 31 heavy (non-hydrogen) atoms. The summed E-state index contributed by atoms with van der Waals surface area (Å²) in [4.78, 5) is 42.7.